The largest absolute Gasteiger partial charge is 0.763 e. The summed E-state index contributed by atoms with van der Waals surface area (Å²) in [5, 5.41) is 16.7. The second-order valence-corrected chi connectivity index (χ2v) is 0.465. The molecule has 0 aliphatic heterocycles. The topological polar surface area (TPSA) is 96.7 Å². The SMILES string of the molecule is O=[N+]([O-])OON[O-]. The number of hydrogen-bond donors (Lipinski definition) is 1. The van der Waals surface area contributed by atoms with E-state index in [-0.39, 0.29) is 0 Å². The van der Waals surface area contributed by atoms with Crippen LogP contribution < -0.4 is 5.64 Å². The summed E-state index contributed by atoms with van der Waals surface area (Å²) < 4.78 is 0. The fraction of sp³-hybridized carbons (Fsp3) is 0. The second kappa shape index (κ2) is 3.28. The molecule has 0 rings (SSSR count). The number of rotatable bonds is 3. The first kappa shape index (κ1) is 6.08. The van der Waals surface area contributed by atoms with Gasteiger partial charge in [0.05, 0.1) is 0 Å². The van der Waals surface area contributed by atoms with Crippen LogP contribution in [0.5, 0.6) is 0 Å². The van der Waals surface area contributed by atoms with E-state index in [1.54, 1.807) is 0 Å². The average molecular weight is 109 g/mol. The molecule has 0 amide bonds. The molecule has 0 saturated carbocycles. The summed E-state index contributed by atoms with van der Waals surface area (Å²) in [6, 6.07) is 0. The molecule has 7 heavy (non-hydrogen) atoms. The molecular weight excluding hydrogens is 108 g/mol. The first-order valence-electron chi connectivity index (χ1n) is 1.12. The summed E-state index contributed by atoms with van der Waals surface area (Å²) >= 11 is 0. The lowest BCUT2D eigenvalue weighted by molar-refractivity contribution is -0.857. The Balaban J connectivity index is 2.82. The molecule has 0 radical (unpaired) electrons. The Morgan fingerprint density at radius 1 is 1.71 bits per heavy atom. The van der Waals surface area contributed by atoms with E-state index in [0.717, 1.165) is 0 Å². The quantitative estimate of drug-likeness (QED) is 0.287. The molecule has 0 aromatic rings. The van der Waals surface area contributed by atoms with Gasteiger partial charge in [0.15, 0.2) is 0 Å². The summed E-state index contributed by atoms with van der Waals surface area (Å²) in [5.41, 5.74) is 0.685. The van der Waals surface area contributed by atoms with Crippen LogP contribution in [-0.2, 0) is 9.98 Å². The van der Waals surface area contributed by atoms with Gasteiger partial charge in [0, 0.05) is 0 Å². The lowest BCUT2D eigenvalue weighted by Crippen LogP contribution is -2.09. The smallest absolute Gasteiger partial charge is 0.323 e. The van der Waals surface area contributed by atoms with Gasteiger partial charge < -0.3 is 5.21 Å². The molecule has 0 aliphatic rings. The number of nitrogens with zero attached hydrogens (tertiary/aromatic N) is 1. The third kappa shape index (κ3) is 5.08. The van der Waals surface area contributed by atoms with Crippen LogP contribution in [0.4, 0.5) is 0 Å². The van der Waals surface area contributed by atoms with E-state index in [1.165, 1.54) is 0 Å². The molecule has 0 atom stereocenters. The average Bonchev–Trinajstić information content (AvgIpc) is 1.61. The van der Waals surface area contributed by atoms with Crippen molar-refractivity contribution < 1.29 is 15.1 Å². The van der Waals surface area contributed by atoms with Crippen LogP contribution in [0.1, 0.15) is 0 Å². The predicted octanol–water partition coefficient (Wildman–Crippen LogP) is -0.871. The van der Waals surface area contributed by atoms with E-state index in [0.29, 0.717) is 5.64 Å². The maximum Gasteiger partial charge on any atom is 0.323 e. The Hall–Kier alpha value is -0.920. The van der Waals surface area contributed by atoms with E-state index in [9.17, 15) is 0 Å². The molecule has 0 aromatic carbocycles. The molecule has 7 heteroatoms. The highest BCUT2D eigenvalue weighted by Crippen LogP contribution is 1.68. The van der Waals surface area contributed by atoms with Gasteiger partial charge in [-0.15, -0.1) is 20.1 Å². The van der Waals surface area contributed by atoms with Crippen LogP contribution in [0.2, 0.25) is 0 Å². The Morgan fingerprint density at radius 3 is 2.43 bits per heavy atom. The summed E-state index contributed by atoms with van der Waals surface area (Å²) in [5.74, 6) is 0. The fourth-order valence-corrected chi connectivity index (χ4v) is 0.0456. The zero-order valence-corrected chi connectivity index (χ0v) is 2.99. The van der Waals surface area contributed by atoms with Crippen molar-refractivity contribution in [3.8, 4) is 0 Å². The van der Waals surface area contributed by atoms with Crippen molar-refractivity contribution in [1.82, 2.24) is 5.64 Å². The van der Waals surface area contributed by atoms with E-state index < -0.39 is 5.09 Å². The van der Waals surface area contributed by atoms with Crippen molar-refractivity contribution in [1.29, 1.82) is 0 Å². The summed E-state index contributed by atoms with van der Waals surface area (Å²) in [4.78, 5) is 15.1. The minimum Gasteiger partial charge on any atom is -0.763 e. The summed E-state index contributed by atoms with van der Waals surface area (Å²) in [6.07, 6.45) is 0. The standard InChI is InChI=1S/HN2O5/c3-1-6-7-2(4)5/h1H/q-1. The minimum atomic E-state index is -1.27. The van der Waals surface area contributed by atoms with Gasteiger partial charge in [-0.25, -0.2) is 5.64 Å². The Labute approximate surface area is 37.4 Å². The molecule has 7 nitrogen and oxygen atoms in total. The Kier molecular flexibility index (Phi) is 2.85. The highest BCUT2D eigenvalue weighted by Gasteiger charge is 1.87. The number of hydrogen-bond acceptors (Lipinski definition) is 6. The van der Waals surface area contributed by atoms with Crippen molar-refractivity contribution in [2.45, 2.75) is 0 Å². The maximum atomic E-state index is 9.04. The van der Waals surface area contributed by atoms with E-state index in [1.807, 2.05) is 0 Å². The zero-order chi connectivity index (χ0) is 5.70. The molecule has 0 bridgehead atoms. The highest BCUT2D eigenvalue weighted by molar-refractivity contribution is 4.05. The van der Waals surface area contributed by atoms with Crippen LogP contribution in [0.25, 0.3) is 0 Å². The van der Waals surface area contributed by atoms with E-state index in [2.05, 4.69) is 9.98 Å². The van der Waals surface area contributed by atoms with Crippen molar-refractivity contribution in [3.05, 3.63) is 15.3 Å². The molecule has 42 valence electrons. The summed E-state index contributed by atoms with van der Waals surface area (Å²) in [7, 11) is 0. The zero-order valence-electron chi connectivity index (χ0n) is 2.99. The molecule has 0 heterocycles. The Morgan fingerprint density at radius 2 is 2.29 bits per heavy atom. The maximum absolute atomic E-state index is 9.04. The van der Waals surface area contributed by atoms with Gasteiger partial charge in [-0.3, -0.25) is 0 Å². The van der Waals surface area contributed by atoms with Gasteiger partial charge in [0.2, 0.25) is 0 Å². The van der Waals surface area contributed by atoms with Crippen LogP contribution in [0.3, 0.4) is 0 Å². The van der Waals surface area contributed by atoms with Gasteiger partial charge in [0.1, 0.15) is 0 Å². The van der Waals surface area contributed by atoms with E-state index >= 15 is 0 Å². The normalized spacial score (nSPS) is 8.14. The molecule has 0 saturated heterocycles. The molecule has 0 aromatic heterocycles. The fourth-order valence-electron chi connectivity index (χ4n) is 0.0456. The van der Waals surface area contributed by atoms with Crippen LogP contribution in [0.15, 0.2) is 0 Å². The molecule has 0 spiro atoms. The van der Waals surface area contributed by atoms with Crippen LogP contribution in [0, 0.1) is 15.3 Å². The van der Waals surface area contributed by atoms with Gasteiger partial charge in [-0.2, -0.15) is 0 Å². The van der Waals surface area contributed by atoms with Gasteiger partial charge in [-0.05, 0) is 0 Å². The van der Waals surface area contributed by atoms with Crippen molar-refractivity contribution in [2.24, 2.45) is 0 Å². The third-order valence-corrected chi connectivity index (χ3v) is 0.132. The van der Waals surface area contributed by atoms with Crippen molar-refractivity contribution >= 4 is 0 Å². The van der Waals surface area contributed by atoms with Crippen LogP contribution in [-0.4, -0.2) is 5.09 Å². The molecule has 0 aliphatic carbocycles. The Bertz CT molecular complexity index is 59.1. The molecule has 1 N–H and O–H groups in total. The summed E-state index contributed by atoms with van der Waals surface area (Å²) in [6.45, 7) is 0. The number of nitrogens with one attached hydrogen (secondary N) is 1. The molecule has 0 fully saturated rings. The van der Waals surface area contributed by atoms with Crippen LogP contribution >= 0.6 is 0 Å². The van der Waals surface area contributed by atoms with Crippen molar-refractivity contribution in [2.75, 3.05) is 0 Å². The van der Waals surface area contributed by atoms with Crippen molar-refractivity contribution in [3.63, 3.8) is 0 Å². The lowest BCUT2D eigenvalue weighted by atomic mass is 13.0. The molecular formula is HN2O5-. The monoisotopic (exact) mass is 109 g/mol. The second-order valence-electron chi connectivity index (χ2n) is 0.465. The predicted molar refractivity (Wildman–Crippen MR) is 15.7 cm³/mol. The van der Waals surface area contributed by atoms with E-state index in [4.69, 9.17) is 15.3 Å². The lowest BCUT2D eigenvalue weighted by Gasteiger charge is -2.00. The molecule has 0 unspecified atom stereocenters. The van der Waals surface area contributed by atoms with Gasteiger partial charge >= 0.3 is 5.09 Å². The third-order valence-electron chi connectivity index (χ3n) is 0.132. The van der Waals surface area contributed by atoms with Gasteiger partial charge in [0.25, 0.3) is 0 Å². The first-order chi connectivity index (χ1) is 3.27. The first-order valence-corrected chi connectivity index (χ1v) is 1.12. The van der Waals surface area contributed by atoms with Gasteiger partial charge in [-0.1, -0.05) is 0 Å². The highest BCUT2D eigenvalue weighted by atomic mass is 17.4. The minimum absolute atomic E-state index is 0.685.